The van der Waals surface area contributed by atoms with E-state index in [1.807, 2.05) is 34.5 Å². The van der Waals surface area contributed by atoms with Crippen LogP contribution in [0.15, 0.2) is 35.7 Å². The maximum Gasteiger partial charge on any atom is 0.230 e. The van der Waals surface area contributed by atoms with Gasteiger partial charge in [-0.05, 0) is 49.5 Å². The van der Waals surface area contributed by atoms with E-state index in [2.05, 4.69) is 11.4 Å². The molecule has 1 amide bonds. The number of thiophene rings is 1. The van der Waals surface area contributed by atoms with Gasteiger partial charge in [0.05, 0.1) is 6.54 Å². The smallest absolute Gasteiger partial charge is 0.230 e. The number of fused-ring (bicyclic) bond motifs is 1. The summed E-state index contributed by atoms with van der Waals surface area (Å²) in [6.07, 6.45) is 1.79. The quantitative estimate of drug-likeness (QED) is 0.862. The highest BCUT2D eigenvalue weighted by Gasteiger charge is 2.28. The molecule has 140 valence electrons. The van der Waals surface area contributed by atoms with Crippen molar-refractivity contribution in [1.82, 2.24) is 5.32 Å². The Morgan fingerprint density at radius 1 is 1.15 bits per heavy atom. The lowest BCUT2D eigenvalue weighted by atomic mass is 9.96. The normalized spacial score (nSPS) is 16.6. The van der Waals surface area contributed by atoms with Gasteiger partial charge < -0.3 is 19.7 Å². The summed E-state index contributed by atoms with van der Waals surface area (Å²) in [5.41, 5.74) is 0.876. The third kappa shape index (κ3) is 4.14. The predicted octanol–water partition coefficient (Wildman–Crippen LogP) is 3.47. The standard InChI is InChI=1S/C19H22N2O3S.ClH/c22-19(14-5-7-20-8-6-14)21(13-16-2-1-11-25-16)15-3-4-17-18(12-15)24-10-9-23-17;/h1-4,11-12,14,20H,5-10,13H2;1H. The molecule has 7 heteroatoms. The maximum absolute atomic E-state index is 13.2. The largest absolute Gasteiger partial charge is 0.486 e. The second-order valence-corrected chi connectivity index (χ2v) is 7.39. The third-order valence-electron chi connectivity index (χ3n) is 4.69. The van der Waals surface area contributed by atoms with Crippen molar-refractivity contribution in [3.8, 4) is 11.5 Å². The number of carbonyl (C=O) groups excluding carboxylic acids is 1. The van der Waals surface area contributed by atoms with Crippen LogP contribution in [0.5, 0.6) is 11.5 Å². The van der Waals surface area contributed by atoms with Gasteiger partial charge in [0.2, 0.25) is 5.91 Å². The van der Waals surface area contributed by atoms with Crippen molar-refractivity contribution in [2.75, 3.05) is 31.2 Å². The van der Waals surface area contributed by atoms with E-state index in [9.17, 15) is 4.79 Å². The second kappa shape index (κ2) is 8.75. The van der Waals surface area contributed by atoms with Gasteiger partial charge in [-0.2, -0.15) is 0 Å². The number of benzene rings is 1. The summed E-state index contributed by atoms with van der Waals surface area (Å²) in [4.78, 5) is 16.3. The van der Waals surface area contributed by atoms with E-state index >= 15 is 0 Å². The zero-order chi connectivity index (χ0) is 17.1. The fraction of sp³-hybridized carbons (Fsp3) is 0.421. The molecule has 2 aromatic rings. The lowest BCUT2D eigenvalue weighted by molar-refractivity contribution is -0.123. The minimum absolute atomic E-state index is 0. The summed E-state index contributed by atoms with van der Waals surface area (Å²) in [6.45, 7) is 3.53. The maximum atomic E-state index is 13.2. The molecule has 0 aliphatic carbocycles. The van der Waals surface area contributed by atoms with Crippen molar-refractivity contribution in [1.29, 1.82) is 0 Å². The lowest BCUT2D eigenvalue weighted by Gasteiger charge is -2.30. The average Bonchev–Trinajstić information content (AvgIpc) is 3.19. The van der Waals surface area contributed by atoms with E-state index in [-0.39, 0.29) is 24.2 Å². The molecule has 2 aliphatic rings. The van der Waals surface area contributed by atoms with Gasteiger partial charge in [0.25, 0.3) is 0 Å². The van der Waals surface area contributed by atoms with Gasteiger partial charge in [-0.1, -0.05) is 6.07 Å². The zero-order valence-corrected chi connectivity index (χ0v) is 16.1. The Balaban J connectivity index is 0.00000196. The Morgan fingerprint density at radius 2 is 1.92 bits per heavy atom. The van der Waals surface area contributed by atoms with Crippen LogP contribution < -0.4 is 19.7 Å². The molecular formula is C19H23ClN2O3S. The van der Waals surface area contributed by atoms with Crippen LogP contribution in [0, 0.1) is 5.92 Å². The number of ether oxygens (including phenoxy) is 2. The molecule has 0 radical (unpaired) electrons. The van der Waals surface area contributed by atoms with E-state index in [0.717, 1.165) is 43.1 Å². The van der Waals surface area contributed by atoms with E-state index < -0.39 is 0 Å². The molecule has 4 rings (SSSR count). The third-order valence-corrected chi connectivity index (χ3v) is 5.55. The van der Waals surface area contributed by atoms with E-state index in [0.29, 0.717) is 19.8 Å². The molecule has 1 N–H and O–H groups in total. The van der Waals surface area contributed by atoms with Crippen LogP contribution in [0.2, 0.25) is 0 Å². The minimum atomic E-state index is 0. The van der Waals surface area contributed by atoms with Gasteiger partial charge in [0.1, 0.15) is 13.2 Å². The van der Waals surface area contributed by atoms with E-state index in [4.69, 9.17) is 9.47 Å². The van der Waals surface area contributed by atoms with Crippen molar-refractivity contribution < 1.29 is 14.3 Å². The molecule has 0 spiro atoms. The molecule has 2 aliphatic heterocycles. The van der Waals surface area contributed by atoms with Crippen LogP contribution in [0.3, 0.4) is 0 Å². The summed E-state index contributed by atoms with van der Waals surface area (Å²) in [6, 6.07) is 9.89. The fourth-order valence-corrected chi connectivity index (χ4v) is 4.04. The van der Waals surface area contributed by atoms with Crippen molar-refractivity contribution >= 4 is 35.3 Å². The predicted molar refractivity (Wildman–Crippen MR) is 106 cm³/mol. The number of carbonyl (C=O) groups is 1. The molecule has 0 unspecified atom stereocenters. The number of hydrogen-bond donors (Lipinski definition) is 1. The fourth-order valence-electron chi connectivity index (χ4n) is 3.34. The zero-order valence-electron chi connectivity index (χ0n) is 14.5. The van der Waals surface area contributed by atoms with Gasteiger partial charge in [0.15, 0.2) is 11.5 Å². The number of nitrogens with zero attached hydrogens (tertiary/aromatic N) is 1. The summed E-state index contributed by atoms with van der Waals surface area (Å²) in [5.74, 6) is 1.75. The van der Waals surface area contributed by atoms with Crippen molar-refractivity contribution in [2.45, 2.75) is 19.4 Å². The van der Waals surface area contributed by atoms with Crippen LogP contribution in [0.25, 0.3) is 0 Å². The van der Waals surface area contributed by atoms with Crippen LogP contribution >= 0.6 is 23.7 Å². The first kappa shape index (κ1) is 19.0. The van der Waals surface area contributed by atoms with Crippen LogP contribution in [0.4, 0.5) is 5.69 Å². The number of amides is 1. The average molecular weight is 395 g/mol. The highest BCUT2D eigenvalue weighted by Crippen LogP contribution is 2.35. The minimum Gasteiger partial charge on any atom is -0.486 e. The number of hydrogen-bond acceptors (Lipinski definition) is 5. The molecule has 1 aromatic heterocycles. The Labute approximate surface area is 163 Å². The van der Waals surface area contributed by atoms with Crippen LogP contribution in [-0.2, 0) is 11.3 Å². The molecule has 0 saturated carbocycles. The highest BCUT2D eigenvalue weighted by atomic mass is 35.5. The molecule has 1 aromatic carbocycles. The van der Waals surface area contributed by atoms with E-state index in [1.165, 1.54) is 4.88 Å². The molecule has 0 atom stereocenters. The van der Waals surface area contributed by atoms with Crippen molar-refractivity contribution in [3.05, 3.63) is 40.6 Å². The molecule has 1 saturated heterocycles. The lowest BCUT2D eigenvalue weighted by Crippen LogP contribution is -2.40. The Hall–Kier alpha value is -1.76. The van der Waals surface area contributed by atoms with E-state index in [1.54, 1.807) is 11.3 Å². The van der Waals surface area contributed by atoms with Crippen LogP contribution in [0.1, 0.15) is 17.7 Å². The highest BCUT2D eigenvalue weighted by molar-refractivity contribution is 7.09. The van der Waals surface area contributed by atoms with Gasteiger partial charge in [-0.15, -0.1) is 23.7 Å². The summed E-state index contributed by atoms with van der Waals surface area (Å²) in [5, 5.41) is 5.38. The van der Waals surface area contributed by atoms with Crippen LogP contribution in [-0.4, -0.2) is 32.2 Å². The summed E-state index contributed by atoms with van der Waals surface area (Å²) >= 11 is 1.68. The summed E-state index contributed by atoms with van der Waals surface area (Å²) < 4.78 is 11.3. The summed E-state index contributed by atoms with van der Waals surface area (Å²) in [7, 11) is 0. The van der Waals surface area contributed by atoms with Gasteiger partial charge >= 0.3 is 0 Å². The number of nitrogens with one attached hydrogen (secondary N) is 1. The monoisotopic (exact) mass is 394 g/mol. The van der Waals surface area contributed by atoms with Crippen molar-refractivity contribution in [2.24, 2.45) is 5.92 Å². The number of halogens is 1. The molecule has 26 heavy (non-hydrogen) atoms. The van der Waals surface area contributed by atoms with Gasteiger partial charge in [-0.25, -0.2) is 0 Å². The number of piperidine rings is 1. The van der Waals surface area contributed by atoms with Gasteiger partial charge in [0, 0.05) is 22.5 Å². The molecule has 5 nitrogen and oxygen atoms in total. The Bertz CT molecular complexity index is 732. The Kier molecular flexibility index (Phi) is 6.40. The van der Waals surface area contributed by atoms with Crippen molar-refractivity contribution in [3.63, 3.8) is 0 Å². The first-order chi connectivity index (χ1) is 12.3. The molecule has 1 fully saturated rings. The molecule has 0 bridgehead atoms. The first-order valence-corrected chi connectivity index (χ1v) is 9.63. The second-order valence-electron chi connectivity index (χ2n) is 6.36. The molecule has 3 heterocycles. The number of anilines is 1. The van der Waals surface area contributed by atoms with Gasteiger partial charge in [-0.3, -0.25) is 4.79 Å². The number of rotatable bonds is 4. The SMILES string of the molecule is Cl.O=C(C1CCNCC1)N(Cc1cccs1)c1ccc2c(c1)OCCO2. The molecular weight excluding hydrogens is 372 g/mol. The first-order valence-electron chi connectivity index (χ1n) is 8.75. The topological polar surface area (TPSA) is 50.8 Å². The Morgan fingerprint density at radius 3 is 2.65 bits per heavy atom.